The van der Waals surface area contributed by atoms with Crippen molar-refractivity contribution < 1.29 is 5.11 Å². The zero-order valence-corrected chi connectivity index (χ0v) is 10.1. The highest BCUT2D eigenvalue weighted by atomic mass is 127. The van der Waals surface area contributed by atoms with Crippen LogP contribution in [0.15, 0.2) is 24.3 Å². The van der Waals surface area contributed by atoms with Gasteiger partial charge in [-0.05, 0) is 46.7 Å². The molecule has 1 aromatic carbocycles. The van der Waals surface area contributed by atoms with Crippen LogP contribution in [0.3, 0.4) is 0 Å². The Hall–Kier alpha value is 0.160. The smallest absolute Gasteiger partial charge is 0.0585 e. The van der Waals surface area contributed by atoms with Crippen molar-refractivity contribution in [3.63, 3.8) is 0 Å². The minimum Gasteiger partial charge on any atom is -0.395 e. The van der Waals surface area contributed by atoms with E-state index in [1.54, 1.807) is 0 Å². The van der Waals surface area contributed by atoms with Crippen LogP contribution in [0.5, 0.6) is 0 Å². The van der Waals surface area contributed by atoms with Crippen molar-refractivity contribution in [1.82, 2.24) is 0 Å². The van der Waals surface area contributed by atoms with Crippen molar-refractivity contribution in [2.45, 2.75) is 12.5 Å². The summed E-state index contributed by atoms with van der Waals surface area (Å²) in [5, 5.41) is 8.72. The Bertz CT molecular complexity index is 240. The summed E-state index contributed by atoms with van der Waals surface area (Å²) in [7, 11) is 0. The minimum atomic E-state index is -0.134. The van der Waals surface area contributed by atoms with Crippen molar-refractivity contribution in [3.05, 3.63) is 33.4 Å². The maximum Gasteiger partial charge on any atom is 0.0585 e. The average molecular weight is 314 g/mol. The SMILES string of the molecule is Cl.N[C@@H](CO)Cc1ccc(I)cc1. The first-order valence-electron chi connectivity index (χ1n) is 3.83. The summed E-state index contributed by atoms with van der Waals surface area (Å²) in [5.41, 5.74) is 6.77. The van der Waals surface area contributed by atoms with E-state index in [-0.39, 0.29) is 25.1 Å². The van der Waals surface area contributed by atoms with Crippen LogP contribution in [-0.4, -0.2) is 17.8 Å². The zero-order chi connectivity index (χ0) is 8.97. The van der Waals surface area contributed by atoms with Gasteiger partial charge >= 0.3 is 0 Å². The van der Waals surface area contributed by atoms with Crippen molar-refractivity contribution in [2.75, 3.05) is 6.61 Å². The number of benzene rings is 1. The Morgan fingerprint density at radius 1 is 1.31 bits per heavy atom. The van der Waals surface area contributed by atoms with Gasteiger partial charge in [-0.1, -0.05) is 12.1 Å². The predicted molar refractivity (Wildman–Crippen MR) is 65.2 cm³/mol. The van der Waals surface area contributed by atoms with E-state index in [0.29, 0.717) is 0 Å². The molecule has 74 valence electrons. The lowest BCUT2D eigenvalue weighted by Crippen LogP contribution is -2.26. The molecule has 1 atom stereocenters. The number of aliphatic hydroxyl groups excluding tert-OH is 1. The lowest BCUT2D eigenvalue weighted by Gasteiger charge is -2.07. The van der Waals surface area contributed by atoms with E-state index in [1.807, 2.05) is 24.3 Å². The van der Waals surface area contributed by atoms with Crippen LogP contribution in [0.25, 0.3) is 0 Å². The summed E-state index contributed by atoms with van der Waals surface area (Å²) < 4.78 is 1.22. The van der Waals surface area contributed by atoms with Gasteiger partial charge in [0, 0.05) is 9.61 Å². The van der Waals surface area contributed by atoms with E-state index < -0.39 is 0 Å². The molecular weight excluding hydrogens is 300 g/mol. The first-order valence-corrected chi connectivity index (χ1v) is 4.91. The highest BCUT2D eigenvalue weighted by Gasteiger charge is 2.01. The van der Waals surface area contributed by atoms with Crippen molar-refractivity contribution in [2.24, 2.45) is 5.73 Å². The third-order valence-electron chi connectivity index (χ3n) is 1.65. The molecule has 0 aliphatic carbocycles. The Kier molecular flexibility index (Phi) is 6.67. The normalized spacial score (nSPS) is 11.9. The molecule has 3 N–H and O–H groups in total. The summed E-state index contributed by atoms with van der Waals surface area (Å²) in [4.78, 5) is 0. The fourth-order valence-corrected chi connectivity index (χ4v) is 1.35. The quantitative estimate of drug-likeness (QED) is 0.832. The molecule has 0 amide bonds. The fraction of sp³-hybridized carbons (Fsp3) is 0.333. The number of halogens is 2. The molecule has 0 saturated heterocycles. The average Bonchev–Trinajstić information content (AvgIpc) is 2.09. The topological polar surface area (TPSA) is 46.2 Å². The summed E-state index contributed by atoms with van der Waals surface area (Å²) >= 11 is 2.26. The zero-order valence-electron chi connectivity index (χ0n) is 7.11. The molecule has 0 aliphatic rings. The lowest BCUT2D eigenvalue weighted by atomic mass is 10.1. The fourth-order valence-electron chi connectivity index (χ4n) is 0.988. The van der Waals surface area contributed by atoms with Crippen molar-refractivity contribution >= 4 is 35.0 Å². The maximum absolute atomic E-state index is 8.72. The third kappa shape index (κ3) is 4.81. The number of nitrogens with two attached hydrogens (primary N) is 1. The van der Waals surface area contributed by atoms with E-state index in [0.717, 1.165) is 6.42 Å². The van der Waals surface area contributed by atoms with E-state index in [1.165, 1.54) is 9.13 Å². The van der Waals surface area contributed by atoms with Crippen LogP contribution >= 0.6 is 35.0 Å². The molecule has 1 aromatic rings. The Morgan fingerprint density at radius 2 is 1.85 bits per heavy atom. The van der Waals surface area contributed by atoms with Gasteiger partial charge in [-0.15, -0.1) is 12.4 Å². The number of rotatable bonds is 3. The van der Waals surface area contributed by atoms with E-state index in [4.69, 9.17) is 10.8 Å². The molecule has 0 heterocycles. The Balaban J connectivity index is 0.00000144. The van der Waals surface area contributed by atoms with Gasteiger partial charge in [-0.3, -0.25) is 0 Å². The van der Waals surface area contributed by atoms with Crippen LogP contribution in [0.2, 0.25) is 0 Å². The molecule has 1 rings (SSSR count). The van der Waals surface area contributed by atoms with Crippen LogP contribution in [0.4, 0.5) is 0 Å². The molecule has 0 saturated carbocycles. The van der Waals surface area contributed by atoms with Crippen LogP contribution < -0.4 is 5.73 Å². The molecular formula is C9H13ClINO. The van der Waals surface area contributed by atoms with Gasteiger partial charge in [0.2, 0.25) is 0 Å². The van der Waals surface area contributed by atoms with Crippen LogP contribution in [-0.2, 0) is 6.42 Å². The van der Waals surface area contributed by atoms with Crippen LogP contribution in [0.1, 0.15) is 5.56 Å². The molecule has 0 spiro atoms. The first kappa shape index (κ1) is 13.2. The van der Waals surface area contributed by atoms with E-state index >= 15 is 0 Å². The highest BCUT2D eigenvalue weighted by Crippen LogP contribution is 2.07. The number of hydrogen-bond acceptors (Lipinski definition) is 2. The second-order valence-corrected chi connectivity index (χ2v) is 4.02. The van der Waals surface area contributed by atoms with Gasteiger partial charge < -0.3 is 10.8 Å². The molecule has 4 heteroatoms. The molecule has 0 radical (unpaired) electrons. The number of aliphatic hydroxyl groups is 1. The summed E-state index contributed by atoms with van der Waals surface area (Å²) in [6.07, 6.45) is 0.743. The Labute approximate surface area is 98.1 Å². The van der Waals surface area contributed by atoms with Gasteiger partial charge in [0.1, 0.15) is 0 Å². The molecule has 0 bridgehead atoms. The molecule has 0 aliphatic heterocycles. The van der Waals surface area contributed by atoms with E-state index in [9.17, 15) is 0 Å². The van der Waals surface area contributed by atoms with Gasteiger partial charge in [0.15, 0.2) is 0 Å². The molecule has 0 unspecified atom stereocenters. The first-order chi connectivity index (χ1) is 5.72. The number of hydrogen-bond donors (Lipinski definition) is 2. The van der Waals surface area contributed by atoms with Gasteiger partial charge in [-0.25, -0.2) is 0 Å². The van der Waals surface area contributed by atoms with Crippen molar-refractivity contribution in [1.29, 1.82) is 0 Å². The minimum absolute atomic E-state index is 0. The second-order valence-electron chi connectivity index (χ2n) is 2.77. The standard InChI is InChI=1S/C9H12INO.ClH/c10-8-3-1-7(2-4-8)5-9(11)6-12;/h1-4,9,12H,5-6,11H2;1H/t9-;/m1./s1. The molecule has 13 heavy (non-hydrogen) atoms. The van der Waals surface area contributed by atoms with Gasteiger partial charge in [-0.2, -0.15) is 0 Å². The monoisotopic (exact) mass is 313 g/mol. The second kappa shape index (κ2) is 6.59. The van der Waals surface area contributed by atoms with Gasteiger partial charge in [0.25, 0.3) is 0 Å². The van der Waals surface area contributed by atoms with Crippen molar-refractivity contribution in [3.8, 4) is 0 Å². The van der Waals surface area contributed by atoms with Gasteiger partial charge in [0.05, 0.1) is 6.61 Å². The van der Waals surface area contributed by atoms with E-state index in [2.05, 4.69) is 22.6 Å². The summed E-state index contributed by atoms with van der Waals surface area (Å²) in [6.45, 7) is 0.0476. The summed E-state index contributed by atoms with van der Waals surface area (Å²) in [5.74, 6) is 0. The maximum atomic E-state index is 8.72. The summed E-state index contributed by atoms with van der Waals surface area (Å²) in [6, 6.07) is 8.03. The lowest BCUT2D eigenvalue weighted by molar-refractivity contribution is 0.265. The molecule has 2 nitrogen and oxygen atoms in total. The predicted octanol–water partition coefficient (Wildman–Crippen LogP) is 1.58. The Morgan fingerprint density at radius 3 is 2.31 bits per heavy atom. The molecule has 0 fully saturated rings. The van der Waals surface area contributed by atoms with Crippen LogP contribution in [0, 0.1) is 3.57 Å². The largest absolute Gasteiger partial charge is 0.395 e. The molecule has 0 aromatic heterocycles. The highest BCUT2D eigenvalue weighted by molar-refractivity contribution is 14.1. The third-order valence-corrected chi connectivity index (χ3v) is 2.36.